The Labute approximate surface area is 145 Å². The SMILES string of the molecule is CC(CC(=O)N1CCCC1)S(=O)(=O)c1ccc2c(c1)NC(=O)CS2. The van der Waals surface area contributed by atoms with Crippen LogP contribution in [0.3, 0.4) is 0 Å². The zero-order chi connectivity index (χ0) is 17.3. The molecule has 1 N–H and O–H groups in total. The Kier molecular flexibility index (Phi) is 4.87. The van der Waals surface area contributed by atoms with Gasteiger partial charge in [0.25, 0.3) is 0 Å². The first-order chi connectivity index (χ1) is 11.4. The Bertz CT molecular complexity index is 770. The van der Waals surface area contributed by atoms with E-state index in [0.29, 0.717) is 24.5 Å². The van der Waals surface area contributed by atoms with Gasteiger partial charge in [-0.1, -0.05) is 0 Å². The van der Waals surface area contributed by atoms with Gasteiger partial charge in [-0.2, -0.15) is 0 Å². The number of thioether (sulfide) groups is 1. The summed E-state index contributed by atoms with van der Waals surface area (Å²) in [6.45, 7) is 3.00. The number of benzene rings is 1. The van der Waals surface area contributed by atoms with E-state index in [2.05, 4.69) is 5.32 Å². The van der Waals surface area contributed by atoms with Crippen LogP contribution in [0.2, 0.25) is 0 Å². The monoisotopic (exact) mass is 368 g/mol. The molecule has 1 aromatic carbocycles. The molecule has 0 aromatic heterocycles. The van der Waals surface area contributed by atoms with Crippen molar-refractivity contribution in [3.8, 4) is 0 Å². The summed E-state index contributed by atoms with van der Waals surface area (Å²) in [6.07, 6.45) is 1.95. The zero-order valence-corrected chi connectivity index (χ0v) is 15.1. The first kappa shape index (κ1) is 17.3. The van der Waals surface area contributed by atoms with E-state index in [-0.39, 0.29) is 23.1 Å². The van der Waals surface area contributed by atoms with Gasteiger partial charge in [0.2, 0.25) is 11.8 Å². The Morgan fingerprint density at radius 1 is 1.33 bits per heavy atom. The van der Waals surface area contributed by atoms with E-state index in [9.17, 15) is 18.0 Å². The van der Waals surface area contributed by atoms with Gasteiger partial charge >= 0.3 is 0 Å². The molecule has 1 fully saturated rings. The lowest BCUT2D eigenvalue weighted by molar-refractivity contribution is -0.130. The molecule has 2 aliphatic rings. The van der Waals surface area contributed by atoms with Gasteiger partial charge in [0.1, 0.15) is 0 Å². The number of hydrogen-bond donors (Lipinski definition) is 1. The molecular weight excluding hydrogens is 348 g/mol. The van der Waals surface area contributed by atoms with Crippen molar-refractivity contribution in [3.05, 3.63) is 18.2 Å². The number of amides is 2. The van der Waals surface area contributed by atoms with Crippen LogP contribution in [0.1, 0.15) is 26.2 Å². The molecule has 0 spiro atoms. The summed E-state index contributed by atoms with van der Waals surface area (Å²) in [5, 5.41) is 1.90. The lowest BCUT2D eigenvalue weighted by Gasteiger charge is -2.20. The van der Waals surface area contributed by atoms with Gasteiger partial charge in [-0.3, -0.25) is 9.59 Å². The highest BCUT2D eigenvalue weighted by molar-refractivity contribution is 8.00. The normalized spacial score (nSPS) is 18.9. The molecule has 1 atom stereocenters. The van der Waals surface area contributed by atoms with E-state index < -0.39 is 15.1 Å². The van der Waals surface area contributed by atoms with E-state index in [1.54, 1.807) is 24.0 Å². The minimum Gasteiger partial charge on any atom is -0.343 e. The molecule has 6 nitrogen and oxygen atoms in total. The average Bonchev–Trinajstić information content (AvgIpc) is 3.08. The molecule has 0 aliphatic carbocycles. The van der Waals surface area contributed by atoms with Crippen LogP contribution >= 0.6 is 11.8 Å². The topological polar surface area (TPSA) is 83.6 Å². The van der Waals surface area contributed by atoms with Crippen molar-refractivity contribution in [3.63, 3.8) is 0 Å². The third-order valence-electron chi connectivity index (χ3n) is 4.36. The minimum atomic E-state index is -3.62. The maximum Gasteiger partial charge on any atom is 0.234 e. The number of rotatable bonds is 4. The molecule has 2 aliphatic heterocycles. The predicted octanol–water partition coefficient (Wildman–Crippen LogP) is 1.91. The highest BCUT2D eigenvalue weighted by Gasteiger charge is 2.29. The molecule has 3 rings (SSSR count). The summed E-state index contributed by atoms with van der Waals surface area (Å²) < 4.78 is 25.5. The molecule has 130 valence electrons. The van der Waals surface area contributed by atoms with Gasteiger partial charge in [-0.15, -0.1) is 11.8 Å². The van der Waals surface area contributed by atoms with Gasteiger partial charge < -0.3 is 10.2 Å². The smallest absolute Gasteiger partial charge is 0.234 e. The average molecular weight is 368 g/mol. The zero-order valence-electron chi connectivity index (χ0n) is 13.4. The Morgan fingerprint density at radius 3 is 2.75 bits per heavy atom. The second-order valence-electron chi connectivity index (χ2n) is 6.14. The Balaban J connectivity index is 1.78. The number of nitrogens with one attached hydrogen (secondary N) is 1. The fourth-order valence-corrected chi connectivity index (χ4v) is 5.08. The molecule has 0 radical (unpaired) electrons. The van der Waals surface area contributed by atoms with Crippen molar-refractivity contribution in [2.45, 2.75) is 41.2 Å². The van der Waals surface area contributed by atoms with Crippen LogP contribution < -0.4 is 5.32 Å². The summed E-state index contributed by atoms with van der Waals surface area (Å²) in [4.78, 5) is 26.4. The van der Waals surface area contributed by atoms with Gasteiger partial charge in [0.15, 0.2) is 9.84 Å². The first-order valence-electron chi connectivity index (χ1n) is 7.96. The summed E-state index contributed by atoms with van der Waals surface area (Å²) in [5.41, 5.74) is 0.524. The highest BCUT2D eigenvalue weighted by atomic mass is 32.2. The van der Waals surface area contributed by atoms with E-state index in [1.807, 2.05) is 0 Å². The Hall–Kier alpha value is -1.54. The molecule has 2 amide bonds. The number of fused-ring (bicyclic) bond motifs is 1. The lowest BCUT2D eigenvalue weighted by atomic mass is 10.3. The van der Waals surface area contributed by atoms with Crippen LogP contribution in [0.5, 0.6) is 0 Å². The van der Waals surface area contributed by atoms with Gasteiger partial charge in [-0.25, -0.2) is 8.42 Å². The summed E-state index contributed by atoms with van der Waals surface area (Å²) >= 11 is 1.38. The number of anilines is 1. The van der Waals surface area contributed by atoms with Crippen molar-refractivity contribution in [1.82, 2.24) is 4.90 Å². The van der Waals surface area contributed by atoms with Crippen LogP contribution in [-0.2, 0) is 19.4 Å². The lowest BCUT2D eigenvalue weighted by Crippen LogP contribution is -2.32. The largest absolute Gasteiger partial charge is 0.343 e. The van der Waals surface area contributed by atoms with Gasteiger partial charge in [-0.05, 0) is 38.0 Å². The molecule has 1 saturated heterocycles. The molecule has 0 saturated carbocycles. The van der Waals surface area contributed by atoms with Crippen LogP contribution in [-0.4, -0.2) is 49.2 Å². The van der Waals surface area contributed by atoms with Crippen LogP contribution in [0.25, 0.3) is 0 Å². The van der Waals surface area contributed by atoms with Crippen molar-refractivity contribution >= 4 is 39.1 Å². The first-order valence-corrected chi connectivity index (χ1v) is 10.5. The van der Waals surface area contributed by atoms with Gasteiger partial charge in [0, 0.05) is 24.4 Å². The number of carbonyl (C=O) groups is 2. The maximum atomic E-state index is 12.8. The molecule has 24 heavy (non-hydrogen) atoms. The molecule has 1 aromatic rings. The van der Waals surface area contributed by atoms with Crippen molar-refractivity contribution < 1.29 is 18.0 Å². The Morgan fingerprint density at radius 2 is 2.04 bits per heavy atom. The van der Waals surface area contributed by atoms with E-state index in [0.717, 1.165) is 17.7 Å². The maximum absolute atomic E-state index is 12.8. The number of nitrogens with zero attached hydrogens (tertiary/aromatic N) is 1. The minimum absolute atomic E-state index is 0.0134. The molecular formula is C16H20N2O4S2. The number of hydrogen-bond acceptors (Lipinski definition) is 5. The van der Waals surface area contributed by atoms with E-state index in [4.69, 9.17) is 0 Å². The number of sulfone groups is 1. The predicted molar refractivity (Wildman–Crippen MR) is 92.9 cm³/mol. The van der Waals surface area contributed by atoms with E-state index in [1.165, 1.54) is 17.8 Å². The summed E-state index contributed by atoms with van der Waals surface area (Å²) in [7, 11) is -3.62. The van der Waals surface area contributed by atoms with Crippen molar-refractivity contribution in [1.29, 1.82) is 0 Å². The summed E-state index contributed by atoms with van der Waals surface area (Å²) in [5.74, 6) is 0.0875. The fourth-order valence-electron chi connectivity index (χ4n) is 2.92. The molecule has 2 heterocycles. The second-order valence-corrected chi connectivity index (χ2v) is 9.53. The van der Waals surface area contributed by atoms with Crippen LogP contribution in [0.15, 0.2) is 28.0 Å². The third kappa shape index (κ3) is 3.44. The van der Waals surface area contributed by atoms with E-state index >= 15 is 0 Å². The van der Waals surface area contributed by atoms with Crippen molar-refractivity contribution in [2.24, 2.45) is 0 Å². The summed E-state index contributed by atoms with van der Waals surface area (Å²) in [6, 6.07) is 4.75. The van der Waals surface area contributed by atoms with Crippen LogP contribution in [0, 0.1) is 0 Å². The molecule has 8 heteroatoms. The third-order valence-corrected chi connectivity index (χ3v) is 7.57. The van der Waals surface area contributed by atoms with Crippen molar-refractivity contribution in [2.75, 3.05) is 24.2 Å². The quantitative estimate of drug-likeness (QED) is 0.878. The number of carbonyl (C=O) groups excluding carboxylic acids is 2. The van der Waals surface area contributed by atoms with Crippen LogP contribution in [0.4, 0.5) is 5.69 Å². The van der Waals surface area contributed by atoms with Gasteiger partial charge in [0.05, 0.1) is 21.6 Å². The fraction of sp³-hybridized carbons (Fsp3) is 0.500. The molecule has 0 bridgehead atoms. The molecule has 1 unspecified atom stereocenters. The number of likely N-dealkylation sites (tertiary alicyclic amines) is 1. The second kappa shape index (κ2) is 6.76. The standard InChI is InChI=1S/C16H20N2O4S2/c1-11(8-16(20)18-6-2-3-7-18)24(21,22)12-4-5-14-13(9-12)17-15(19)10-23-14/h4-5,9,11H,2-3,6-8,10H2,1H3,(H,17,19). The highest BCUT2D eigenvalue weighted by Crippen LogP contribution is 2.34.